The number of hydrogen-bond acceptors (Lipinski definition) is 3. The number of nitrogens with zero attached hydrogens (tertiary/aromatic N) is 1. The smallest absolute Gasteiger partial charge is 0.209 e. The Kier molecular flexibility index (Phi) is 4.18. The molecule has 0 aromatic rings. The Morgan fingerprint density at radius 3 is 2.77 bits per heavy atom. The van der Waals surface area contributed by atoms with E-state index in [0.717, 1.165) is 32.5 Å². The van der Waals surface area contributed by atoms with E-state index in [0.29, 0.717) is 6.54 Å². The molecule has 1 heterocycles. The first-order valence-corrected chi connectivity index (χ1v) is 4.65. The molecule has 1 N–H and O–H groups in total. The van der Waals surface area contributed by atoms with Gasteiger partial charge in [0.2, 0.25) is 6.41 Å². The Morgan fingerprint density at radius 1 is 1.62 bits per heavy atom. The number of aliphatic hydroxyl groups is 1. The zero-order valence-corrected chi connectivity index (χ0v) is 7.98. The van der Waals surface area contributed by atoms with Crippen molar-refractivity contribution < 1.29 is 14.6 Å². The zero-order chi connectivity index (χ0) is 9.68. The maximum absolute atomic E-state index is 10.3. The number of amides is 1. The van der Waals surface area contributed by atoms with Gasteiger partial charge in [-0.2, -0.15) is 0 Å². The predicted molar refractivity (Wildman–Crippen MR) is 48.2 cm³/mol. The second-order valence-corrected chi connectivity index (χ2v) is 3.56. The predicted octanol–water partition coefficient (Wildman–Crippen LogP) is -0.138. The summed E-state index contributed by atoms with van der Waals surface area (Å²) < 4.78 is 5.19. The van der Waals surface area contributed by atoms with Crippen molar-refractivity contribution in [3.63, 3.8) is 0 Å². The summed E-state index contributed by atoms with van der Waals surface area (Å²) in [4.78, 5) is 11.8. The summed E-state index contributed by atoms with van der Waals surface area (Å²) in [7, 11) is 1.68. The molecule has 0 aromatic heterocycles. The monoisotopic (exact) mass is 187 g/mol. The second-order valence-electron chi connectivity index (χ2n) is 3.56. The first-order valence-electron chi connectivity index (χ1n) is 4.65. The topological polar surface area (TPSA) is 49.8 Å². The molecule has 0 aliphatic carbocycles. The molecule has 1 rings (SSSR count). The zero-order valence-electron chi connectivity index (χ0n) is 7.98. The molecule has 0 radical (unpaired) electrons. The minimum absolute atomic E-state index is 0.288. The van der Waals surface area contributed by atoms with Gasteiger partial charge in [0.25, 0.3) is 0 Å². The minimum Gasteiger partial charge on any atom is -0.391 e. The molecule has 1 aliphatic rings. The minimum atomic E-state index is -0.404. The molecular formula is C9H17NO3. The van der Waals surface area contributed by atoms with Gasteiger partial charge >= 0.3 is 0 Å². The van der Waals surface area contributed by atoms with Crippen LogP contribution in [0.4, 0.5) is 0 Å². The number of hydrogen-bond donors (Lipinski definition) is 1. The van der Waals surface area contributed by atoms with Gasteiger partial charge in [0.1, 0.15) is 0 Å². The van der Waals surface area contributed by atoms with Gasteiger partial charge in [-0.25, -0.2) is 0 Å². The number of aliphatic hydroxyl groups excluding tert-OH is 1. The normalized spacial score (nSPS) is 21.1. The fraction of sp³-hybridized carbons (Fsp3) is 0.889. The third-order valence-corrected chi connectivity index (χ3v) is 2.47. The van der Waals surface area contributed by atoms with E-state index in [1.165, 1.54) is 4.90 Å². The first-order chi connectivity index (χ1) is 6.24. The van der Waals surface area contributed by atoms with E-state index in [2.05, 4.69) is 0 Å². The molecular weight excluding hydrogens is 170 g/mol. The average Bonchev–Trinajstić information content (AvgIpc) is 2.19. The number of likely N-dealkylation sites (N-methyl/N-ethyl adjacent to an activating group) is 1. The first kappa shape index (κ1) is 10.5. The molecule has 1 saturated heterocycles. The molecule has 13 heavy (non-hydrogen) atoms. The quantitative estimate of drug-likeness (QED) is 0.623. The van der Waals surface area contributed by atoms with Crippen molar-refractivity contribution in [3.8, 4) is 0 Å². The van der Waals surface area contributed by atoms with Gasteiger partial charge in [-0.1, -0.05) is 0 Å². The standard InChI is InChI=1S/C9H17NO3/c1-10(7-11)6-9(12)8-2-4-13-5-3-8/h7-9,12H,2-6H2,1H3/t9-/m1/s1. The SMILES string of the molecule is CN(C=O)C[C@@H](O)C1CCOCC1. The van der Waals surface area contributed by atoms with Gasteiger partial charge < -0.3 is 14.7 Å². The van der Waals surface area contributed by atoms with Crippen LogP contribution in [0, 0.1) is 5.92 Å². The molecule has 1 fully saturated rings. The van der Waals surface area contributed by atoms with Crippen LogP contribution in [0.1, 0.15) is 12.8 Å². The van der Waals surface area contributed by atoms with Crippen molar-refractivity contribution in [2.24, 2.45) is 5.92 Å². The Bertz CT molecular complexity index is 157. The van der Waals surface area contributed by atoms with Crippen molar-refractivity contribution in [1.29, 1.82) is 0 Å². The van der Waals surface area contributed by atoms with Crippen LogP contribution in [0.25, 0.3) is 0 Å². The van der Waals surface area contributed by atoms with Crippen LogP contribution in [-0.2, 0) is 9.53 Å². The maximum atomic E-state index is 10.3. The molecule has 0 aromatic carbocycles. The Balaban J connectivity index is 2.28. The highest BCUT2D eigenvalue weighted by atomic mass is 16.5. The van der Waals surface area contributed by atoms with E-state index in [1.54, 1.807) is 7.05 Å². The van der Waals surface area contributed by atoms with E-state index in [9.17, 15) is 9.90 Å². The lowest BCUT2D eigenvalue weighted by atomic mass is 9.94. The van der Waals surface area contributed by atoms with Crippen LogP contribution < -0.4 is 0 Å². The van der Waals surface area contributed by atoms with Crippen LogP contribution in [0.15, 0.2) is 0 Å². The fourth-order valence-electron chi connectivity index (χ4n) is 1.59. The highest BCUT2D eigenvalue weighted by Gasteiger charge is 2.22. The fourth-order valence-corrected chi connectivity index (χ4v) is 1.59. The number of carbonyl (C=O) groups is 1. The third-order valence-electron chi connectivity index (χ3n) is 2.47. The molecule has 1 aliphatic heterocycles. The summed E-state index contributed by atoms with van der Waals surface area (Å²) in [5.41, 5.74) is 0. The summed E-state index contributed by atoms with van der Waals surface area (Å²) in [6.45, 7) is 1.88. The summed E-state index contributed by atoms with van der Waals surface area (Å²) in [6, 6.07) is 0. The molecule has 0 bridgehead atoms. The van der Waals surface area contributed by atoms with Crippen LogP contribution in [0.5, 0.6) is 0 Å². The van der Waals surface area contributed by atoms with Crippen molar-refractivity contribution in [2.45, 2.75) is 18.9 Å². The number of ether oxygens (including phenoxy) is 1. The van der Waals surface area contributed by atoms with E-state index < -0.39 is 6.10 Å². The average molecular weight is 187 g/mol. The molecule has 4 nitrogen and oxygen atoms in total. The lowest BCUT2D eigenvalue weighted by Gasteiger charge is -2.28. The summed E-state index contributed by atoms with van der Waals surface area (Å²) in [6.07, 6.45) is 2.13. The molecule has 76 valence electrons. The Labute approximate surface area is 78.5 Å². The lowest BCUT2D eigenvalue weighted by molar-refractivity contribution is -0.119. The summed E-state index contributed by atoms with van der Waals surface area (Å²) >= 11 is 0. The van der Waals surface area contributed by atoms with Gasteiger partial charge in [-0.05, 0) is 18.8 Å². The third kappa shape index (κ3) is 3.32. The second kappa shape index (κ2) is 5.19. The van der Waals surface area contributed by atoms with E-state index in [1.807, 2.05) is 0 Å². The van der Waals surface area contributed by atoms with Crippen LogP contribution >= 0.6 is 0 Å². The van der Waals surface area contributed by atoms with E-state index in [-0.39, 0.29) is 5.92 Å². The van der Waals surface area contributed by atoms with Crippen molar-refractivity contribution >= 4 is 6.41 Å². The Hall–Kier alpha value is -0.610. The van der Waals surface area contributed by atoms with Crippen molar-refractivity contribution in [2.75, 3.05) is 26.8 Å². The Morgan fingerprint density at radius 2 is 2.23 bits per heavy atom. The largest absolute Gasteiger partial charge is 0.391 e. The number of rotatable bonds is 4. The van der Waals surface area contributed by atoms with Gasteiger partial charge in [0, 0.05) is 26.8 Å². The summed E-state index contributed by atoms with van der Waals surface area (Å²) in [5, 5.41) is 9.72. The molecule has 0 saturated carbocycles. The number of carbonyl (C=O) groups excluding carboxylic acids is 1. The van der Waals surface area contributed by atoms with E-state index >= 15 is 0 Å². The maximum Gasteiger partial charge on any atom is 0.209 e. The van der Waals surface area contributed by atoms with Gasteiger partial charge in [0.05, 0.1) is 6.10 Å². The highest BCUT2D eigenvalue weighted by Crippen LogP contribution is 2.18. The van der Waals surface area contributed by atoms with Crippen LogP contribution in [-0.4, -0.2) is 49.3 Å². The van der Waals surface area contributed by atoms with E-state index in [4.69, 9.17) is 4.74 Å². The highest BCUT2D eigenvalue weighted by molar-refractivity contribution is 5.46. The van der Waals surface area contributed by atoms with Crippen LogP contribution in [0.3, 0.4) is 0 Å². The lowest BCUT2D eigenvalue weighted by Crippen LogP contribution is -2.36. The van der Waals surface area contributed by atoms with Crippen LogP contribution in [0.2, 0.25) is 0 Å². The molecule has 4 heteroatoms. The van der Waals surface area contributed by atoms with Crippen molar-refractivity contribution in [3.05, 3.63) is 0 Å². The van der Waals surface area contributed by atoms with Gasteiger partial charge in [-0.3, -0.25) is 4.79 Å². The van der Waals surface area contributed by atoms with Gasteiger partial charge in [-0.15, -0.1) is 0 Å². The molecule has 0 spiro atoms. The van der Waals surface area contributed by atoms with Crippen molar-refractivity contribution in [1.82, 2.24) is 4.90 Å². The molecule has 1 amide bonds. The summed E-state index contributed by atoms with van der Waals surface area (Å²) in [5.74, 6) is 0.288. The molecule has 0 unspecified atom stereocenters. The molecule has 1 atom stereocenters. The van der Waals surface area contributed by atoms with Gasteiger partial charge in [0.15, 0.2) is 0 Å².